The van der Waals surface area contributed by atoms with E-state index in [2.05, 4.69) is 0 Å². The van der Waals surface area contributed by atoms with E-state index in [0.717, 1.165) is 16.5 Å². The molecule has 0 aliphatic carbocycles. The van der Waals surface area contributed by atoms with Gasteiger partial charge in [0, 0.05) is 10.8 Å². The molecule has 0 atom stereocenters. The fourth-order valence-corrected chi connectivity index (χ4v) is 6.48. The number of hydrogen-bond donors (Lipinski definition) is 0. The van der Waals surface area contributed by atoms with Gasteiger partial charge in [-0.3, -0.25) is 0 Å². The van der Waals surface area contributed by atoms with E-state index in [-0.39, 0.29) is 10.9 Å². The second-order valence-electron chi connectivity index (χ2n) is 11.4. The van der Waals surface area contributed by atoms with Gasteiger partial charge < -0.3 is 4.42 Å². The van der Waals surface area contributed by atoms with E-state index in [1.807, 2.05) is 48.5 Å². The zero-order valence-corrected chi connectivity index (χ0v) is 25.3. The van der Waals surface area contributed by atoms with Gasteiger partial charge in [-0.25, -0.2) is 0 Å². The van der Waals surface area contributed by atoms with Gasteiger partial charge in [0.05, 0.1) is 26.0 Å². The number of furan rings is 1. The van der Waals surface area contributed by atoms with Crippen LogP contribution in [0.3, 0.4) is 0 Å². The molecule has 0 spiro atoms. The minimum atomic E-state index is -0.869. The largest absolute Gasteiger partial charge is 0.456 e. The van der Waals surface area contributed by atoms with Crippen molar-refractivity contribution in [1.29, 1.82) is 0 Å². The molecule has 0 amide bonds. The van der Waals surface area contributed by atoms with Gasteiger partial charge in [0.1, 0.15) is 11.2 Å². The van der Waals surface area contributed by atoms with Crippen LogP contribution in [-0.2, 0) is 0 Å². The Morgan fingerprint density at radius 3 is 1.69 bits per heavy atom. The van der Waals surface area contributed by atoms with Gasteiger partial charge in [0.15, 0.2) is 0 Å². The Bertz CT molecular complexity index is 3850. The normalized spacial score (nSPS) is 17.1. The second-order valence-corrected chi connectivity index (χ2v) is 11.4. The van der Waals surface area contributed by atoms with Crippen LogP contribution in [0.4, 0.5) is 0 Å². The van der Waals surface area contributed by atoms with Gasteiger partial charge in [-0.1, -0.05) is 151 Å². The lowest BCUT2D eigenvalue weighted by atomic mass is 9.85. The van der Waals surface area contributed by atoms with Gasteiger partial charge in [-0.15, -0.1) is 0 Å². The summed E-state index contributed by atoms with van der Waals surface area (Å²) in [7, 11) is 0. The third-order valence-electron chi connectivity index (χ3n) is 8.62. The average molecular weight is 642 g/mol. The molecule has 1 heterocycles. The monoisotopic (exact) mass is 641 g/mol. The average Bonchev–Trinajstić information content (AvgIpc) is 3.71. The van der Waals surface area contributed by atoms with E-state index in [1.165, 1.54) is 0 Å². The number of benzene rings is 9. The highest BCUT2D eigenvalue weighted by Crippen LogP contribution is 2.44. The van der Waals surface area contributed by atoms with Crippen molar-refractivity contribution in [2.75, 3.05) is 0 Å². The van der Waals surface area contributed by atoms with E-state index in [0.29, 0.717) is 22.1 Å². The maximum Gasteiger partial charge on any atom is 0.136 e. The molecule has 0 bridgehead atoms. The zero-order chi connectivity index (χ0) is 48.8. The van der Waals surface area contributed by atoms with E-state index < -0.39 is 164 Å². The Kier molecular flexibility index (Phi) is 3.34. The van der Waals surface area contributed by atoms with Crippen LogP contribution >= 0.6 is 0 Å². The molecule has 0 saturated heterocycles. The first kappa shape index (κ1) is 14.8. The first-order valence-electron chi connectivity index (χ1n) is 24.8. The molecule has 0 radical (unpaired) electrons. The highest BCUT2D eigenvalue weighted by molar-refractivity contribution is 6.22. The predicted octanol–water partition coefficient (Wildman–Crippen LogP) is 13.7. The minimum Gasteiger partial charge on any atom is -0.456 e. The van der Waals surface area contributed by atoms with Crippen LogP contribution in [0.5, 0.6) is 0 Å². The Hall–Kier alpha value is -6.44. The zero-order valence-electron chi connectivity index (χ0n) is 44.3. The van der Waals surface area contributed by atoms with Crippen LogP contribution in [0.15, 0.2) is 186 Å². The number of rotatable bonds is 4. The summed E-state index contributed by atoms with van der Waals surface area (Å²) < 4.78 is 178. The lowest BCUT2D eigenvalue weighted by Crippen LogP contribution is -1.90. The van der Waals surface area contributed by atoms with Gasteiger partial charge in [0.2, 0.25) is 0 Å². The lowest BCUT2D eigenvalue weighted by molar-refractivity contribution is 0.669. The molecule has 0 aliphatic heterocycles. The van der Waals surface area contributed by atoms with Gasteiger partial charge in [0.25, 0.3) is 0 Å². The van der Waals surface area contributed by atoms with Crippen molar-refractivity contribution in [2.24, 2.45) is 0 Å². The third kappa shape index (κ3) is 4.47. The lowest BCUT2D eigenvalue weighted by Gasteiger charge is -2.18. The van der Waals surface area contributed by atoms with Crippen LogP contribution in [0.1, 0.15) is 26.0 Å². The highest BCUT2D eigenvalue weighted by Gasteiger charge is 2.17. The molecule has 10 aromatic rings. The molecule has 1 aromatic heterocycles. The van der Waals surface area contributed by atoms with Crippen LogP contribution < -0.4 is 0 Å². The number of hydrogen-bond acceptors (Lipinski definition) is 1. The third-order valence-corrected chi connectivity index (χ3v) is 8.62. The summed E-state index contributed by atoms with van der Waals surface area (Å²) >= 11 is 0. The number of fused-ring (bicyclic) bond motifs is 6. The van der Waals surface area contributed by atoms with Crippen molar-refractivity contribution >= 4 is 54.3 Å². The fraction of sp³-hybridized carbons (Fsp3) is 0. The Labute approximate surface area is 311 Å². The molecule has 1 nitrogen and oxygen atoms in total. The van der Waals surface area contributed by atoms with Crippen molar-refractivity contribution in [3.05, 3.63) is 182 Å². The standard InChI is InChI=1S/C48H30O/c1-3-12-31(13-4-1)38-20-11-21-45-48(38)43-30-36(26-27-44(43)49-45)34-22-23-35-29-37(25-24-33(35)28-34)47-41-18-9-7-16-39(41)46(32-14-5-2-6-15-32)40-17-8-10-19-42(40)47/h1-30H/i2D,5D,6D,7D,8D,9D,10D,14D,15D,16D,17D,18D,19D,22D,23D,24D,25D,28D,29D. The molecule has 10 rings (SSSR count). The molecule has 228 valence electrons. The second kappa shape index (κ2) is 11.1. The summed E-state index contributed by atoms with van der Waals surface area (Å²) in [5, 5.41) is -1.78. The fourth-order valence-electron chi connectivity index (χ4n) is 6.48. The Morgan fingerprint density at radius 1 is 0.388 bits per heavy atom. The predicted molar refractivity (Wildman–Crippen MR) is 208 cm³/mol. The first-order valence-corrected chi connectivity index (χ1v) is 15.3. The SMILES string of the molecule is [2H]c1c([2H])c([2H])c(-c2c3c([2H])c([2H])c([2H])c([2H])c3c(-c3c([2H])c([2H])c4c([2H])c(-c5ccc6oc7cccc(-c8ccccc8)c7c6c5)c([2H])c([2H])c4c3[2H])c3c([2H])c([2H])c([2H])c([2H])c23)c([2H])c1[2H]. The molecule has 0 unspecified atom stereocenters. The molecular weight excluding hydrogens is 593 g/mol. The summed E-state index contributed by atoms with van der Waals surface area (Å²) in [6, 6.07) is 5.04. The van der Waals surface area contributed by atoms with E-state index >= 15 is 0 Å². The summed E-state index contributed by atoms with van der Waals surface area (Å²) in [4.78, 5) is 0. The van der Waals surface area contributed by atoms with Gasteiger partial charge in [-0.05, 0) is 107 Å². The van der Waals surface area contributed by atoms with E-state index in [9.17, 15) is 13.7 Å². The van der Waals surface area contributed by atoms with E-state index in [1.54, 1.807) is 18.2 Å². The molecule has 0 saturated carbocycles. The van der Waals surface area contributed by atoms with Crippen LogP contribution in [0.25, 0.3) is 98.8 Å². The molecule has 49 heavy (non-hydrogen) atoms. The topological polar surface area (TPSA) is 13.1 Å². The summed E-state index contributed by atoms with van der Waals surface area (Å²) in [6.45, 7) is 0. The van der Waals surface area contributed by atoms with E-state index in [4.69, 9.17) is 16.8 Å². The maximum absolute atomic E-state index is 9.75. The van der Waals surface area contributed by atoms with Crippen LogP contribution in [0, 0.1) is 0 Å². The molecule has 0 fully saturated rings. The van der Waals surface area contributed by atoms with Gasteiger partial charge in [-0.2, -0.15) is 0 Å². The smallest absolute Gasteiger partial charge is 0.136 e. The van der Waals surface area contributed by atoms with Crippen molar-refractivity contribution in [3.8, 4) is 44.5 Å². The van der Waals surface area contributed by atoms with Crippen molar-refractivity contribution in [2.45, 2.75) is 0 Å². The summed E-state index contributed by atoms with van der Waals surface area (Å²) in [5.74, 6) is 0. The molecule has 0 aliphatic rings. The van der Waals surface area contributed by atoms with Crippen molar-refractivity contribution in [3.63, 3.8) is 0 Å². The Morgan fingerprint density at radius 2 is 1.00 bits per heavy atom. The molecule has 1 heteroatoms. The van der Waals surface area contributed by atoms with Crippen LogP contribution in [-0.4, -0.2) is 0 Å². The molecule has 9 aromatic carbocycles. The van der Waals surface area contributed by atoms with Crippen LogP contribution in [0.2, 0.25) is 0 Å². The summed E-state index contributed by atoms with van der Waals surface area (Å²) in [5.41, 5.74) is 0.605. The minimum absolute atomic E-state index is 0.0990. The van der Waals surface area contributed by atoms with Gasteiger partial charge >= 0.3 is 0 Å². The quantitative estimate of drug-likeness (QED) is 0.174. The Balaban J connectivity index is 1.36. The molecular formula is C48H30O. The maximum atomic E-state index is 9.75. The van der Waals surface area contributed by atoms with Crippen molar-refractivity contribution < 1.29 is 30.5 Å². The summed E-state index contributed by atoms with van der Waals surface area (Å²) in [6.07, 6.45) is 0. The first-order chi connectivity index (χ1) is 32.2. The van der Waals surface area contributed by atoms with Crippen molar-refractivity contribution in [1.82, 2.24) is 0 Å². The molecule has 0 N–H and O–H groups in total. The highest BCUT2D eigenvalue weighted by atomic mass is 16.3.